The molecule has 2 amide bonds. The molecule has 2 heterocycles. The second-order valence-corrected chi connectivity index (χ2v) is 6.66. The monoisotopic (exact) mass is 386 g/mol. The van der Waals surface area contributed by atoms with Gasteiger partial charge in [-0.25, -0.2) is 4.68 Å². The highest BCUT2D eigenvalue weighted by atomic mass is 16.5. The van der Waals surface area contributed by atoms with Crippen LogP contribution in [-0.2, 0) is 4.79 Å². The van der Waals surface area contributed by atoms with Gasteiger partial charge in [0.25, 0.3) is 5.91 Å². The zero-order valence-electron chi connectivity index (χ0n) is 16.2. The Labute approximate surface area is 164 Å². The Balaban J connectivity index is 1.61. The summed E-state index contributed by atoms with van der Waals surface area (Å²) in [6.07, 6.45) is 3.59. The van der Waals surface area contributed by atoms with Crippen LogP contribution in [0.25, 0.3) is 0 Å². The fourth-order valence-electron chi connectivity index (χ4n) is 3.19. The molecule has 0 spiro atoms. The maximum atomic E-state index is 12.8. The average Bonchev–Trinajstić information content (AvgIpc) is 3.22. The first-order valence-electron chi connectivity index (χ1n) is 9.46. The Hall–Kier alpha value is -2.94. The molecule has 28 heavy (non-hydrogen) atoms. The van der Waals surface area contributed by atoms with E-state index in [9.17, 15) is 9.59 Å². The van der Waals surface area contributed by atoms with E-state index in [0.717, 1.165) is 25.9 Å². The third-order valence-corrected chi connectivity index (χ3v) is 4.77. The maximum Gasteiger partial charge on any atom is 0.276 e. The molecular formula is C19H26N6O3. The van der Waals surface area contributed by atoms with Crippen LogP contribution >= 0.6 is 0 Å². The first-order valence-corrected chi connectivity index (χ1v) is 9.46. The van der Waals surface area contributed by atoms with Crippen molar-refractivity contribution in [3.63, 3.8) is 0 Å². The standard InChI is InChI=1S/C19H26N6O3/c1-3-24(13-18(26)21-14-5-4-6-16(11-14)28-2)19(27)17-12-25(23-22-17)15-7-9-20-10-8-15/h4-6,11-12,15,20H,3,7-10,13H2,1-2H3,(H,21,26). The van der Waals surface area contributed by atoms with Gasteiger partial charge >= 0.3 is 0 Å². The van der Waals surface area contributed by atoms with Crippen molar-refractivity contribution in [3.05, 3.63) is 36.2 Å². The second-order valence-electron chi connectivity index (χ2n) is 6.66. The number of carbonyl (C=O) groups excluding carboxylic acids is 2. The molecule has 1 aliphatic heterocycles. The molecule has 0 radical (unpaired) electrons. The normalized spacial score (nSPS) is 14.5. The van der Waals surface area contributed by atoms with Crippen molar-refractivity contribution in [2.24, 2.45) is 0 Å². The lowest BCUT2D eigenvalue weighted by Crippen LogP contribution is -2.38. The van der Waals surface area contributed by atoms with Crippen molar-refractivity contribution >= 4 is 17.5 Å². The maximum absolute atomic E-state index is 12.8. The highest BCUT2D eigenvalue weighted by molar-refractivity contribution is 5.98. The molecule has 0 atom stereocenters. The smallest absolute Gasteiger partial charge is 0.276 e. The predicted molar refractivity (Wildman–Crippen MR) is 104 cm³/mol. The average molecular weight is 386 g/mol. The summed E-state index contributed by atoms with van der Waals surface area (Å²) in [6.45, 7) is 4.02. The lowest BCUT2D eigenvalue weighted by atomic mass is 10.1. The number of amides is 2. The van der Waals surface area contributed by atoms with Crippen molar-refractivity contribution < 1.29 is 14.3 Å². The third kappa shape index (κ3) is 4.86. The van der Waals surface area contributed by atoms with Gasteiger partial charge in [0.15, 0.2) is 5.69 Å². The molecular weight excluding hydrogens is 360 g/mol. The van der Waals surface area contributed by atoms with Crippen LogP contribution in [0.15, 0.2) is 30.5 Å². The highest BCUT2D eigenvalue weighted by Gasteiger charge is 2.23. The van der Waals surface area contributed by atoms with Gasteiger partial charge in [0, 0.05) is 18.3 Å². The van der Waals surface area contributed by atoms with Gasteiger partial charge in [-0.3, -0.25) is 9.59 Å². The number of methoxy groups -OCH3 is 1. The van der Waals surface area contributed by atoms with Crippen LogP contribution in [0.3, 0.4) is 0 Å². The third-order valence-electron chi connectivity index (χ3n) is 4.77. The number of anilines is 1. The van der Waals surface area contributed by atoms with Crippen LogP contribution in [0, 0.1) is 0 Å². The van der Waals surface area contributed by atoms with Gasteiger partial charge in [0.05, 0.1) is 19.3 Å². The second kappa shape index (κ2) is 9.32. The largest absolute Gasteiger partial charge is 0.497 e. The number of hydrogen-bond donors (Lipinski definition) is 2. The molecule has 150 valence electrons. The van der Waals surface area contributed by atoms with E-state index in [0.29, 0.717) is 18.0 Å². The fourth-order valence-corrected chi connectivity index (χ4v) is 3.19. The Morgan fingerprint density at radius 1 is 1.36 bits per heavy atom. The Morgan fingerprint density at radius 2 is 2.14 bits per heavy atom. The Bertz CT molecular complexity index is 816. The van der Waals surface area contributed by atoms with E-state index in [-0.39, 0.29) is 30.1 Å². The summed E-state index contributed by atoms with van der Waals surface area (Å²) in [7, 11) is 1.56. The zero-order valence-corrected chi connectivity index (χ0v) is 16.2. The topological polar surface area (TPSA) is 101 Å². The lowest BCUT2D eigenvalue weighted by Gasteiger charge is -2.22. The number of ether oxygens (including phenoxy) is 1. The lowest BCUT2D eigenvalue weighted by molar-refractivity contribution is -0.116. The molecule has 3 rings (SSSR count). The summed E-state index contributed by atoms with van der Waals surface area (Å²) < 4.78 is 6.91. The first-order chi connectivity index (χ1) is 13.6. The SMILES string of the molecule is CCN(CC(=O)Nc1cccc(OC)c1)C(=O)c1cn(C2CCNCC2)nn1. The molecule has 1 aromatic heterocycles. The van der Waals surface area contributed by atoms with Gasteiger partial charge in [-0.15, -0.1) is 5.10 Å². The molecule has 2 N–H and O–H groups in total. The summed E-state index contributed by atoms with van der Waals surface area (Å²) >= 11 is 0. The van der Waals surface area contributed by atoms with Gasteiger partial charge in [-0.2, -0.15) is 0 Å². The molecule has 9 nitrogen and oxygen atoms in total. The predicted octanol–water partition coefficient (Wildman–Crippen LogP) is 1.31. The molecule has 1 fully saturated rings. The van der Waals surface area contributed by atoms with Crippen molar-refractivity contribution in [3.8, 4) is 5.75 Å². The molecule has 1 aromatic carbocycles. The summed E-state index contributed by atoms with van der Waals surface area (Å²) in [5.74, 6) is 0.0634. The van der Waals surface area contributed by atoms with Gasteiger partial charge in [-0.05, 0) is 45.0 Å². The van der Waals surface area contributed by atoms with E-state index >= 15 is 0 Å². The fraction of sp³-hybridized carbons (Fsp3) is 0.474. The molecule has 1 saturated heterocycles. The van der Waals surface area contributed by atoms with Crippen LogP contribution in [0.1, 0.15) is 36.3 Å². The van der Waals surface area contributed by atoms with Crippen molar-refractivity contribution in [2.75, 3.05) is 38.6 Å². The zero-order chi connectivity index (χ0) is 19.9. The van der Waals surface area contributed by atoms with Gasteiger partial charge in [0.1, 0.15) is 12.3 Å². The molecule has 0 unspecified atom stereocenters. The van der Waals surface area contributed by atoms with Crippen LogP contribution in [0.4, 0.5) is 5.69 Å². The Morgan fingerprint density at radius 3 is 2.86 bits per heavy atom. The first kappa shape index (κ1) is 19.8. The molecule has 0 saturated carbocycles. The van der Waals surface area contributed by atoms with Crippen LogP contribution in [0.2, 0.25) is 0 Å². The minimum Gasteiger partial charge on any atom is -0.497 e. The van der Waals surface area contributed by atoms with E-state index < -0.39 is 0 Å². The van der Waals surface area contributed by atoms with E-state index in [4.69, 9.17) is 4.74 Å². The summed E-state index contributed by atoms with van der Waals surface area (Å²) in [4.78, 5) is 26.6. The number of nitrogens with one attached hydrogen (secondary N) is 2. The van der Waals surface area contributed by atoms with Crippen molar-refractivity contribution in [1.82, 2.24) is 25.2 Å². The van der Waals surface area contributed by atoms with Crippen molar-refractivity contribution in [1.29, 1.82) is 0 Å². The number of aromatic nitrogens is 3. The number of carbonyl (C=O) groups is 2. The number of likely N-dealkylation sites (N-methyl/N-ethyl adjacent to an activating group) is 1. The quantitative estimate of drug-likeness (QED) is 0.744. The van der Waals surface area contributed by atoms with Crippen LogP contribution < -0.4 is 15.4 Å². The molecule has 9 heteroatoms. The minimum atomic E-state index is -0.302. The van der Waals surface area contributed by atoms with E-state index in [1.807, 2.05) is 6.92 Å². The summed E-state index contributed by atoms with van der Waals surface area (Å²) in [5, 5.41) is 14.2. The summed E-state index contributed by atoms with van der Waals surface area (Å²) in [6, 6.07) is 7.32. The number of nitrogens with zero attached hydrogens (tertiary/aromatic N) is 4. The van der Waals surface area contributed by atoms with Gasteiger partial charge in [-0.1, -0.05) is 11.3 Å². The number of hydrogen-bond acceptors (Lipinski definition) is 6. The molecule has 2 aromatic rings. The molecule has 0 aliphatic carbocycles. The van der Waals surface area contributed by atoms with E-state index in [1.54, 1.807) is 42.3 Å². The van der Waals surface area contributed by atoms with Gasteiger partial charge in [0.2, 0.25) is 5.91 Å². The van der Waals surface area contributed by atoms with Crippen LogP contribution in [0.5, 0.6) is 5.75 Å². The summed E-state index contributed by atoms with van der Waals surface area (Å²) in [5.41, 5.74) is 0.874. The van der Waals surface area contributed by atoms with E-state index in [2.05, 4.69) is 20.9 Å². The van der Waals surface area contributed by atoms with Crippen molar-refractivity contribution in [2.45, 2.75) is 25.8 Å². The Kier molecular flexibility index (Phi) is 6.59. The number of piperidine rings is 1. The van der Waals surface area contributed by atoms with Gasteiger partial charge < -0.3 is 20.3 Å². The molecule has 0 bridgehead atoms. The molecule has 1 aliphatic rings. The minimum absolute atomic E-state index is 0.0627. The highest BCUT2D eigenvalue weighted by Crippen LogP contribution is 2.18. The number of benzene rings is 1. The number of rotatable bonds is 7. The van der Waals surface area contributed by atoms with Crippen LogP contribution in [-0.4, -0.2) is 65.0 Å². The van der Waals surface area contributed by atoms with E-state index in [1.165, 1.54) is 4.90 Å².